The van der Waals surface area contributed by atoms with Crippen molar-refractivity contribution in [3.8, 4) is 11.5 Å². The fraction of sp³-hybridized carbons (Fsp3) is 0.643. The SMILES string of the molecule is Cc1cc(-c2nc3ccccc3n2C2C[C@H]3CCC[C@@H](C2)N3C2C[C@H]3CCC[C@@H](C2)C3)no1. The van der Waals surface area contributed by atoms with E-state index >= 15 is 0 Å². The highest BCUT2D eigenvalue weighted by molar-refractivity contribution is 5.80. The molecule has 2 aliphatic heterocycles. The van der Waals surface area contributed by atoms with Gasteiger partial charge < -0.3 is 9.09 Å². The van der Waals surface area contributed by atoms with Crippen molar-refractivity contribution in [3.63, 3.8) is 0 Å². The van der Waals surface area contributed by atoms with E-state index < -0.39 is 0 Å². The van der Waals surface area contributed by atoms with Crippen molar-refractivity contribution in [3.05, 3.63) is 36.1 Å². The summed E-state index contributed by atoms with van der Waals surface area (Å²) in [6.07, 6.45) is 15.5. The number of piperidine rings is 2. The summed E-state index contributed by atoms with van der Waals surface area (Å²) in [6, 6.07) is 13.4. The summed E-state index contributed by atoms with van der Waals surface area (Å²) in [5, 5.41) is 4.36. The van der Waals surface area contributed by atoms with E-state index in [1.54, 1.807) is 0 Å². The first-order valence-electron chi connectivity index (χ1n) is 13.4. The van der Waals surface area contributed by atoms with Gasteiger partial charge in [0.2, 0.25) is 0 Å². The molecule has 2 unspecified atom stereocenters. The van der Waals surface area contributed by atoms with Gasteiger partial charge in [0.1, 0.15) is 11.5 Å². The minimum Gasteiger partial charge on any atom is -0.361 e. The van der Waals surface area contributed by atoms with Gasteiger partial charge in [-0.2, -0.15) is 0 Å². The first-order chi connectivity index (χ1) is 16.2. The number of nitrogens with zero attached hydrogens (tertiary/aromatic N) is 4. The predicted octanol–water partition coefficient (Wildman–Crippen LogP) is 6.53. The van der Waals surface area contributed by atoms with Gasteiger partial charge >= 0.3 is 0 Å². The van der Waals surface area contributed by atoms with E-state index in [1.807, 2.05) is 13.0 Å². The third-order valence-electron chi connectivity index (χ3n) is 9.35. The molecule has 2 saturated heterocycles. The summed E-state index contributed by atoms with van der Waals surface area (Å²) >= 11 is 0. The molecule has 4 fully saturated rings. The second-order valence-corrected chi connectivity index (χ2v) is 11.5. The van der Waals surface area contributed by atoms with E-state index in [4.69, 9.17) is 9.51 Å². The van der Waals surface area contributed by atoms with Crippen molar-refractivity contribution in [1.82, 2.24) is 19.6 Å². The molecule has 4 heterocycles. The summed E-state index contributed by atoms with van der Waals surface area (Å²) in [5.74, 6) is 3.83. The third kappa shape index (κ3) is 3.46. The highest BCUT2D eigenvalue weighted by Crippen LogP contribution is 2.48. The van der Waals surface area contributed by atoms with Crippen LogP contribution in [0.15, 0.2) is 34.9 Å². The molecule has 7 rings (SSSR count). The van der Waals surface area contributed by atoms with Crippen LogP contribution in [0.5, 0.6) is 0 Å². The highest BCUT2D eigenvalue weighted by atomic mass is 16.5. The number of para-hydroxylation sites is 2. The number of aromatic nitrogens is 3. The van der Waals surface area contributed by atoms with Crippen molar-refractivity contribution < 1.29 is 4.52 Å². The molecule has 4 bridgehead atoms. The van der Waals surface area contributed by atoms with Crippen LogP contribution < -0.4 is 0 Å². The number of imidazole rings is 1. The Morgan fingerprint density at radius 2 is 1.55 bits per heavy atom. The molecule has 6 atom stereocenters. The Bertz CT molecular complexity index is 1120. The fourth-order valence-electron chi connectivity index (χ4n) is 8.20. The number of benzene rings is 1. The van der Waals surface area contributed by atoms with E-state index in [9.17, 15) is 0 Å². The molecule has 4 aliphatic rings. The average molecular weight is 445 g/mol. The zero-order chi connectivity index (χ0) is 21.9. The Morgan fingerprint density at radius 1 is 0.818 bits per heavy atom. The van der Waals surface area contributed by atoms with E-state index in [0.717, 1.165) is 52.8 Å². The molecule has 0 N–H and O–H groups in total. The van der Waals surface area contributed by atoms with Gasteiger partial charge in [-0.3, -0.25) is 4.90 Å². The third-order valence-corrected chi connectivity index (χ3v) is 9.35. The zero-order valence-corrected chi connectivity index (χ0v) is 19.8. The minimum absolute atomic E-state index is 0.485. The maximum atomic E-state index is 5.45. The maximum absolute atomic E-state index is 5.45. The zero-order valence-electron chi connectivity index (χ0n) is 19.8. The Labute approximate surface area is 196 Å². The van der Waals surface area contributed by atoms with Crippen LogP contribution in [0, 0.1) is 18.8 Å². The number of hydrogen-bond donors (Lipinski definition) is 0. The number of fused-ring (bicyclic) bond motifs is 5. The lowest BCUT2D eigenvalue weighted by Crippen LogP contribution is -2.58. The Morgan fingerprint density at radius 3 is 2.27 bits per heavy atom. The summed E-state index contributed by atoms with van der Waals surface area (Å²) in [4.78, 5) is 8.08. The molecule has 0 spiro atoms. The van der Waals surface area contributed by atoms with Gasteiger partial charge in [0.05, 0.1) is 11.0 Å². The number of aryl methyl sites for hydroxylation is 1. The Balaban J connectivity index is 1.23. The van der Waals surface area contributed by atoms with Gasteiger partial charge in [0, 0.05) is 30.2 Å². The topological polar surface area (TPSA) is 47.1 Å². The molecule has 2 aliphatic carbocycles. The largest absolute Gasteiger partial charge is 0.361 e. The van der Waals surface area contributed by atoms with Crippen LogP contribution in [-0.2, 0) is 0 Å². The predicted molar refractivity (Wildman–Crippen MR) is 130 cm³/mol. The van der Waals surface area contributed by atoms with Crippen LogP contribution in [0.3, 0.4) is 0 Å². The van der Waals surface area contributed by atoms with Crippen molar-refractivity contribution in [2.24, 2.45) is 11.8 Å². The van der Waals surface area contributed by atoms with Gasteiger partial charge in [-0.05, 0) is 75.8 Å². The summed E-state index contributed by atoms with van der Waals surface area (Å²) in [5.41, 5.74) is 3.19. The van der Waals surface area contributed by atoms with Crippen molar-refractivity contribution >= 4 is 11.0 Å². The van der Waals surface area contributed by atoms with Crippen molar-refractivity contribution in [1.29, 1.82) is 0 Å². The molecule has 3 aromatic rings. The van der Waals surface area contributed by atoms with Gasteiger partial charge in [-0.1, -0.05) is 43.0 Å². The number of rotatable bonds is 3. The molecule has 0 amide bonds. The number of hydrogen-bond acceptors (Lipinski definition) is 4. The fourth-order valence-corrected chi connectivity index (χ4v) is 8.20. The van der Waals surface area contributed by atoms with Gasteiger partial charge in [0.25, 0.3) is 0 Å². The van der Waals surface area contributed by atoms with Gasteiger partial charge in [-0.25, -0.2) is 4.98 Å². The summed E-state index contributed by atoms with van der Waals surface area (Å²) in [6.45, 7) is 1.96. The van der Waals surface area contributed by atoms with Crippen LogP contribution in [0.25, 0.3) is 22.6 Å². The summed E-state index contributed by atoms with van der Waals surface area (Å²) in [7, 11) is 0. The van der Waals surface area contributed by atoms with Crippen LogP contribution in [0.1, 0.15) is 82.4 Å². The molecule has 2 saturated carbocycles. The molecule has 5 heteroatoms. The monoisotopic (exact) mass is 444 g/mol. The van der Waals surface area contributed by atoms with Crippen LogP contribution in [-0.4, -0.2) is 37.7 Å². The molecular formula is C28H36N4O. The van der Waals surface area contributed by atoms with Crippen LogP contribution >= 0.6 is 0 Å². The first kappa shape index (κ1) is 20.3. The first-order valence-corrected chi connectivity index (χ1v) is 13.4. The molecular weight excluding hydrogens is 408 g/mol. The molecule has 2 aromatic heterocycles. The van der Waals surface area contributed by atoms with Crippen molar-refractivity contribution in [2.75, 3.05) is 0 Å². The van der Waals surface area contributed by atoms with E-state index in [0.29, 0.717) is 6.04 Å². The molecule has 33 heavy (non-hydrogen) atoms. The lowest BCUT2D eigenvalue weighted by molar-refractivity contribution is -0.0480. The maximum Gasteiger partial charge on any atom is 0.163 e. The quantitative estimate of drug-likeness (QED) is 0.461. The van der Waals surface area contributed by atoms with Crippen LogP contribution in [0.2, 0.25) is 0 Å². The van der Waals surface area contributed by atoms with Gasteiger partial charge in [-0.15, -0.1) is 0 Å². The molecule has 5 nitrogen and oxygen atoms in total. The standard InChI is InChI=1S/C28H36N4O/c1-18-12-26(30-33-18)28-29-25-10-2-3-11-27(25)32(28)24-16-21-8-5-9-22(17-24)31(21)23-14-19-6-4-7-20(13-19)15-23/h2-3,10-12,19-24H,4-9,13-17H2,1H3/t19-,20+,21-,22+,23?,24?. The summed E-state index contributed by atoms with van der Waals surface area (Å²) < 4.78 is 7.97. The lowest BCUT2D eigenvalue weighted by Gasteiger charge is -2.55. The molecule has 0 radical (unpaired) electrons. The van der Waals surface area contributed by atoms with E-state index in [2.05, 4.69) is 38.9 Å². The van der Waals surface area contributed by atoms with E-state index in [-0.39, 0.29) is 0 Å². The lowest BCUT2D eigenvalue weighted by atomic mass is 9.68. The van der Waals surface area contributed by atoms with Crippen molar-refractivity contribution in [2.45, 2.75) is 102 Å². The Hall–Kier alpha value is -2.14. The van der Waals surface area contributed by atoms with E-state index in [1.165, 1.54) is 76.1 Å². The minimum atomic E-state index is 0.485. The normalized spacial score (nSPS) is 34.6. The molecule has 174 valence electrons. The second kappa shape index (κ2) is 7.97. The van der Waals surface area contributed by atoms with Crippen LogP contribution in [0.4, 0.5) is 0 Å². The average Bonchev–Trinajstić information content (AvgIpc) is 3.41. The molecule has 1 aromatic carbocycles. The Kier molecular flexibility index (Phi) is 4.89. The second-order valence-electron chi connectivity index (χ2n) is 11.5. The van der Waals surface area contributed by atoms with Gasteiger partial charge in [0.15, 0.2) is 5.82 Å². The smallest absolute Gasteiger partial charge is 0.163 e. The highest BCUT2D eigenvalue weighted by Gasteiger charge is 2.45.